The summed E-state index contributed by atoms with van der Waals surface area (Å²) >= 11 is 0. The second-order valence-corrected chi connectivity index (χ2v) is 8.22. The lowest BCUT2D eigenvalue weighted by Gasteiger charge is -2.23. The lowest BCUT2D eigenvalue weighted by molar-refractivity contribution is 0.0468. The SMILES string of the molecule is C=CCN(c1ccccc1)S(=O)(=O)c1cccc(C(=O)OCc2ccccc2F)c1. The normalized spacial score (nSPS) is 11.0. The molecule has 0 atom stereocenters. The summed E-state index contributed by atoms with van der Waals surface area (Å²) in [6.07, 6.45) is 1.48. The number of hydrogen-bond donors (Lipinski definition) is 0. The van der Waals surface area contributed by atoms with Crippen LogP contribution < -0.4 is 4.31 Å². The van der Waals surface area contributed by atoms with Crippen LogP contribution in [0, 0.1) is 5.82 Å². The summed E-state index contributed by atoms with van der Waals surface area (Å²) in [5, 5.41) is 0. The Morgan fingerprint density at radius 3 is 2.40 bits per heavy atom. The summed E-state index contributed by atoms with van der Waals surface area (Å²) in [4.78, 5) is 12.3. The van der Waals surface area contributed by atoms with Gasteiger partial charge in [-0.2, -0.15) is 0 Å². The van der Waals surface area contributed by atoms with E-state index in [9.17, 15) is 17.6 Å². The predicted octanol–water partition coefficient (Wildman–Crippen LogP) is 4.56. The summed E-state index contributed by atoms with van der Waals surface area (Å²) in [6, 6.07) is 20.1. The zero-order chi connectivity index (χ0) is 21.6. The molecule has 0 saturated heterocycles. The first-order valence-corrected chi connectivity index (χ1v) is 10.6. The van der Waals surface area contributed by atoms with E-state index < -0.39 is 21.8 Å². The van der Waals surface area contributed by atoms with E-state index in [-0.39, 0.29) is 29.2 Å². The van der Waals surface area contributed by atoms with E-state index in [0.717, 1.165) is 0 Å². The average Bonchev–Trinajstić information content (AvgIpc) is 2.77. The number of sulfonamides is 1. The second-order valence-electron chi connectivity index (χ2n) is 6.36. The second kappa shape index (κ2) is 9.37. The van der Waals surface area contributed by atoms with Gasteiger partial charge in [0.05, 0.1) is 22.7 Å². The van der Waals surface area contributed by atoms with Crippen molar-refractivity contribution in [3.63, 3.8) is 0 Å². The third kappa shape index (κ3) is 4.75. The Morgan fingerprint density at radius 1 is 1.00 bits per heavy atom. The summed E-state index contributed by atoms with van der Waals surface area (Å²) in [7, 11) is -3.95. The van der Waals surface area contributed by atoms with Crippen LogP contribution in [0.5, 0.6) is 0 Å². The van der Waals surface area contributed by atoms with E-state index in [1.165, 1.54) is 52.8 Å². The molecule has 3 aromatic rings. The molecule has 0 amide bonds. The third-order valence-electron chi connectivity index (χ3n) is 4.31. The molecule has 0 aromatic heterocycles. The smallest absolute Gasteiger partial charge is 0.338 e. The number of benzene rings is 3. The van der Waals surface area contributed by atoms with Crippen molar-refractivity contribution in [3.8, 4) is 0 Å². The molecule has 0 radical (unpaired) electrons. The minimum Gasteiger partial charge on any atom is -0.457 e. The van der Waals surface area contributed by atoms with Crippen LogP contribution in [-0.2, 0) is 21.4 Å². The first-order chi connectivity index (χ1) is 14.4. The Hall–Kier alpha value is -3.45. The summed E-state index contributed by atoms with van der Waals surface area (Å²) in [6.45, 7) is 3.44. The topological polar surface area (TPSA) is 63.7 Å². The summed E-state index contributed by atoms with van der Waals surface area (Å²) < 4.78 is 46.4. The molecule has 5 nitrogen and oxygen atoms in total. The molecule has 0 aliphatic carbocycles. The minimum absolute atomic E-state index is 0.0547. The largest absolute Gasteiger partial charge is 0.457 e. The Morgan fingerprint density at radius 2 is 1.70 bits per heavy atom. The van der Waals surface area contributed by atoms with Crippen LogP contribution in [0.15, 0.2) is 96.4 Å². The van der Waals surface area contributed by atoms with Gasteiger partial charge in [0.15, 0.2) is 0 Å². The van der Waals surface area contributed by atoms with Crippen LogP contribution in [-0.4, -0.2) is 20.9 Å². The number of anilines is 1. The molecule has 0 spiro atoms. The van der Waals surface area contributed by atoms with Crippen molar-refractivity contribution in [2.24, 2.45) is 0 Å². The maximum Gasteiger partial charge on any atom is 0.338 e. The number of carbonyl (C=O) groups is 1. The van der Waals surface area contributed by atoms with Gasteiger partial charge in [-0.1, -0.05) is 48.5 Å². The molecule has 0 fully saturated rings. The van der Waals surface area contributed by atoms with E-state index >= 15 is 0 Å². The maximum atomic E-state index is 13.7. The predicted molar refractivity (Wildman–Crippen MR) is 113 cm³/mol. The molecular weight excluding hydrogens is 405 g/mol. The monoisotopic (exact) mass is 425 g/mol. The van der Waals surface area contributed by atoms with Gasteiger partial charge in [-0.25, -0.2) is 17.6 Å². The van der Waals surface area contributed by atoms with E-state index in [4.69, 9.17) is 4.74 Å². The number of rotatable bonds is 8. The average molecular weight is 425 g/mol. The van der Waals surface area contributed by atoms with Crippen molar-refractivity contribution in [1.82, 2.24) is 0 Å². The highest BCUT2D eigenvalue weighted by molar-refractivity contribution is 7.92. The summed E-state index contributed by atoms with van der Waals surface area (Å²) in [5.41, 5.74) is 0.764. The minimum atomic E-state index is -3.95. The van der Waals surface area contributed by atoms with Gasteiger partial charge in [-0.3, -0.25) is 4.31 Å². The molecule has 0 aliphatic heterocycles. The number of nitrogens with zero attached hydrogens (tertiary/aromatic N) is 1. The number of ether oxygens (including phenoxy) is 1. The lowest BCUT2D eigenvalue weighted by Crippen LogP contribution is -2.31. The first kappa shape index (κ1) is 21.3. The van der Waals surface area contributed by atoms with Gasteiger partial charge in [0, 0.05) is 5.56 Å². The zero-order valence-corrected chi connectivity index (χ0v) is 16.9. The number of esters is 1. The Balaban J connectivity index is 1.85. The molecule has 30 heavy (non-hydrogen) atoms. The fourth-order valence-corrected chi connectivity index (χ4v) is 4.29. The highest BCUT2D eigenvalue weighted by Gasteiger charge is 2.25. The Bertz CT molecular complexity index is 1150. The van der Waals surface area contributed by atoms with Crippen molar-refractivity contribution in [1.29, 1.82) is 0 Å². The van der Waals surface area contributed by atoms with Crippen LogP contribution >= 0.6 is 0 Å². The van der Waals surface area contributed by atoms with Gasteiger partial charge in [-0.15, -0.1) is 6.58 Å². The molecule has 0 unspecified atom stereocenters. The van der Waals surface area contributed by atoms with Crippen LogP contribution in [0.1, 0.15) is 15.9 Å². The summed E-state index contributed by atoms with van der Waals surface area (Å²) in [5.74, 6) is -1.23. The van der Waals surface area contributed by atoms with Gasteiger partial charge in [0.1, 0.15) is 12.4 Å². The number of para-hydroxylation sites is 1. The molecule has 0 bridgehead atoms. The van der Waals surface area contributed by atoms with Crippen molar-refractivity contribution in [2.45, 2.75) is 11.5 Å². The molecule has 3 aromatic carbocycles. The van der Waals surface area contributed by atoms with E-state index in [0.29, 0.717) is 5.69 Å². The maximum absolute atomic E-state index is 13.7. The van der Waals surface area contributed by atoms with Gasteiger partial charge in [0.2, 0.25) is 0 Å². The molecular formula is C23H20FNO4S. The van der Waals surface area contributed by atoms with E-state index in [1.54, 1.807) is 36.4 Å². The van der Waals surface area contributed by atoms with Crippen LogP contribution in [0.2, 0.25) is 0 Å². The Kier molecular flexibility index (Phi) is 6.64. The molecule has 7 heteroatoms. The zero-order valence-electron chi connectivity index (χ0n) is 16.1. The van der Waals surface area contributed by atoms with Crippen molar-refractivity contribution in [3.05, 3.63) is 108 Å². The van der Waals surface area contributed by atoms with Gasteiger partial charge in [-0.05, 0) is 36.4 Å². The molecule has 0 heterocycles. The highest BCUT2D eigenvalue weighted by atomic mass is 32.2. The first-order valence-electron chi connectivity index (χ1n) is 9.13. The van der Waals surface area contributed by atoms with Crippen LogP contribution in [0.25, 0.3) is 0 Å². The lowest BCUT2D eigenvalue weighted by atomic mass is 10.2. The fourth-order valence-electron chi connectivity index (χ4n) is 2.81. The highest BCUT2D eigenvalue weighted by Crippen LogP contribution is 2.24. The van der Waals surface area contributed by atoms with Crippen molar-refractivity contribution >= 4 is 21.7 Å². The molecule has 0 saturated carbocycles. The molecule has 3 rings (SSSR count). The van der Waals surface area contributed by atoms with Crippen LogP contribution in [0.4, 0.5) is 10.1 Å². The standard InChI is InChI=1S/C23H20FNO4S/c1-2-15-25(20-11-4-3-5-12-20)30(27,28)21-13-8-10-18(16-21)23(26)29-17-19-9-6-7-14-22(19)24/h2-14,16H,1,15,17H2. The van der Waals surface area contributed by atoms with E-state index in [2.05, 4.69) is 6.58 Å². The van der Waals surface area contributed by atoms with Crippen molar-refractivity contribution in [2.75, 3.05) is 10.8 Å². The van der Waals surface area contributed by atoms with Crippen molar-refractivity contribution < 1.29 is 22.3 Å². The number of hydrogen-bond acceptors (Lipinski definition) is 4. The van der Waals surface area contributed by atoms with Gasteiger partial charge in [0.25, 0.3) is 10.0 Å². The van der Waals surface area contributed by atoms with Gasteiger partial charge < -0.3 is 4.74 Å². The quantitative estimate of drug-likeness (QED) is 0.392. The Labute approximate surface area is 175 Å². The molecule has 0 aliphatic rings. The molecule has 0 N–H and O–H groups in total. The van der Waals surface area contributed by atoms with E-state index in [1.807, 2.05) is 0 Å². The number of halogens is 1. The fraction of sp³-hybridized carbons (Fsp3) is 0.0870. The third-order valence-corrected chi connectivity index (χ3v) is 6.10. The van der Waals surface area contributed by atoms with Crippen LogP contribution in [0.3, 0.4) is 0 Å². The molecule has 154 valence electrons. The van der Waals surface area contributed by atoms with Gasteiger partial charge >= 0.3 is 5.97 Å². The number of carbonyl (C=O) groups excluding carboxylic acids is 1.